The van der Waals surface area contributed by atoms with Crippen LogP contribution in [0.5, 0.6) is 0 Å². The van der Waals surface area contributed by atoms with Gasteiger partial charge >= 0.3 is 0 Å². The molecule has 0 saturated carbocycles. The van der Waals surface area contributed by atoms with Crippen LogP contribution in [0.15, 0.2) is 77.9 Å². The van der Waals surface area contributed by atoms with Gasteiger partial charge in [-0.1, -0.05) is 48.6 Å². The average Bonchev–Trinajstić information content (AvgIpc) is 2.79. The smallest absolute Gasteiger partial charge is 0.122 e. The van der Waals surface area contributed by atoms with Gasteiger partial charge in [-0.05, 0) is 49.0 Å². The highest BCUT2D eigenvalue weighted by molar-refractivity contribution is 5.34. The fourth-order valence-electron chi connectivity index (χ4n) is 2.48. The number of rotatable bonds is 9. The monoisotopic (exact) mass is 328 g/mol. The maximum Gasteiger partial charge on any atom is 0.122 e. The van der Waals surface area contributed by atoms with E-state index in [9.17, 15) is 4.39 Å². The number of hydrogen-bond acceptors (Lipinski definition) is 2. The summed E-state index contributed by atoms with van der Waals surface area (Å²) in [6.07, 6.45) is 13.0. The molecule has 3 heteroatoms. The maximum atomic E-state index is 13.6. The van der Waals surface area contributed by atoms with Crippen molar-refractivity contribution in [1.82, 2.24) is 0 Å². The van der Waals surface area contributed by atoms with Crippen LogP contribution in [-0.2, 0) is 11.3 Å². The third-order valence-electron chi connectivity index (χ3n) is 3.79. The first kappa shape index (κ1) is 18.2. The molecule has 24 heavy (non-hydrogen) atoms. The number of hydrogen-bond donors (Lipinski definition) is 1. The van der Waals surface area contributed by atoms with Gasteiger partial charge in [-0.3, -0.25) is 0 Å². The number of benzene rings is 1. The molecule has 0 radical (unpaired) electrons. The second kappa shape index (κ2) is 10.6. The van der Waals surface area contributed by atoms with E-state index in [-0.39, 0.29) is 12.4 Å². The molecule has 0 heterocycles. The number of halogens is 1. The van der Waals surface area contributed by atoms with Crippen LogP contribution < -0.4 is 0 Å². The molecule has 1 N–H and O–H groups in total. The standard InChI is InChI=1S/C21H25FO2/c22-20-13-12-19(11-7-2-1-3-8-16-23)21(15-14-20)24-17-18-9-5-4-6-10-18/h1,3-6,9-10,12,14-15,23H,2,7-8,11,13,16-17H2/b3-1+. The SMILES string of the molecule is OCC/C=C/CCCC1=CCC(F)=CC=C1OCc1ccccc1. The van der Waals surface area contributed by atoms with E-state index in [1.165, 1.54) is 6.08 Å². The first-order chi connectivity index (χ1) is 11.8. The molecule has 1 aliphatic rings. The lowest BCUT2D eigenvalue weighted by atomic mass is 10.1. The van der Waals surface area contributed by atoms with Crippen LogP contribution in [0.2, 0.25) is 0 Å². The Morgan fingerprint density at radius 2 is 1.88 bits per heavy atom. The number of allylic oxidation sites excluding steroid dienone is 6. The lowest BCUT2D eigenvalue weighted by molar-refractivity contribution is 0.205. The number of aliphatic hydroxyl groups excluding tert-OH is 1. The van der Waals surface area contributed by atoms with E-state index in [0.29, 0.717) is 19.4 Å². The molecule has 2 rings (SSSR count). The van der Waals surface area contributed by atoms with Crippen molar-refractivity contribution in [1.29, 1.82) is 0 Å². The van der Waals surface area contributed by atoms with Crippen LogP contribution >= 0.6 is 0 Å². The minimum atomic E-state index is -0.145. The largest absolute Gasteiger partial charge is 0.489 e. The Labute approximate surface area is 143 Å². The highest BCUT2D eigenvalue weighted by atomic mass is 19.1. The number of aliphatic hydroxyl groups is 1. The predicted octanol–water partition coefficient (Wildman–Crippen LogP) is 5.38. The molecule has 0 unspecified atom stereocenters. The fourth-order valence-corrected chi connectivity index (χ4v) is 2.48. The Kier molecular flexibility index (Phi) is 8.05. The van der Waals surface area contributed by atoms with Gasteiger partial charge in [0.05, 0.1) is 0 Å². The van der Waals surface area contributed by atoms with Crippen molar-refractivity contribution in [3.63, 3.8) is 0 Å². The van der Waals surface area contributed by atoms with Gasteiger partial charge in [-0.25, -0.2) is 4.39 Å². The molecule has 0 atom stereocenters. The Hall–Kier alpha value is -2.13. The van der Waals surface area contributed by atoms with Crippen molar-refractivity contribution in [2.45, 2.75) is 38.7 Å². The van der Waals surface area contributed by atoms with Crippen molar-refractivity contribution in [2.24, 2.45) is 0 Å². The molecule has 0 aliphatic heterocycles. The van der Waals surface area contributed by atoms with Crippen LogP contribution in [0.25, 0.3) is 0 Å². The predicted molar refractivity (Wildman–Crippen MR) is 95.9 cm³/mol. The Balaban J connectivity index is 1.91. The van der Waals surface area contributed by atoms with E-state index < -0.39 is 0 Å². The second-order valence-electron chi connectivity index (χ2n) is 5.73. The summed E-state index contributed by atoms with van der Waals surface area (Å²) in [5.74, 6) is 0.611. The lowest BCUT2D eigenvalue weighted by Gasteiger charge is -2.13. The van der Waals surface area contributed by atoms with Gasteiger partial charge in [0.1, 0.15) is 18.2 Å². The van der Waals surface area contributed by atoms with E-state index in [2.05, 4.69) is 6.08 Å². The molecule has 0 bridgehead atoms. The fraction of sp³-hybridized carbons (Fsp3) is 0.333. The maximum absolute atomic E-state index is 13.6. The lowest BCUT2D eigenvalue weighted by Crippen LogP contribution is -1.98. The molecule has 0 amide bonds. The minimum Gasteiger partial charge on any atom is -0.489 e. The van der Waals surface area contributed by atoms with E-state index >= 15 is 0 Å². The van der Waals surface area contributed by atoms with Crippen molar-refractivity contribution in [3.05, 3.63) is 83.4 Å². The molecule has 0 saturated heterocycles. The topological polar surface area (TPSA) is 29.5 Å². The first-order valence-electron chi connectivity index (χ1n) is 8.48. The van der Waals surface area contributed by atoms with Crippen molar-refractivity contribution in [3.8, 4) is 0 Å². The summed E-state index contributed by atoms with van der Waals surface area (Å²) in [7, 11) is 0. The Morgan fingerprint density at radius 3 is 2.67 bits per heavy atom. The van der Waals surface area contributed by atoms with Gasteiger partial charge in [-0.15, -0.1) is 0 Å². The van der Waals surface area contributed by atoms with Crippen LogP contribution in [0.3, 0.4) is 0 Å². The molecule has 0 aromatic heterocycles. The molecule has 0 spiro atoms. The third kappa shape index (κ3) is 6.55. The van der Waals surface area contributed by atoms with Gasteiger partial charge < -0.3 is 9.84 Å². The molecule has 1 aromatic carbocycles. The summed E-state index contributed by atoms with van der Waals surface area (Å²) < 4.78 is 19.5. The van der Waals surface area contributed by atoms with Gasteiger partial charge in [0.15, 0.2) is 0 Å². The zero-order chi connectivity index (χ0) is 17.0. The summed E-state index contributed by atoms with van der Waals surface area (Å²) in [5, 5.41) is 8.74. The van der Waals surface area contributed by atoms with Crippen molar-refractivity contribution >= 4 is 0 Å². The summed E-state index contributed by atoms with van der Waals surface area (Å²) in [4.78, 5) is 0. The Morgan fingerprint density at radius 1 is 1.08 bits per heavy atom. The molecule has 1 aliphatic carbocycles. The summed E-state index contributed by atoms with van der Waals surface area (Å²) in [5.41, 5.74) is 2.16. The molecule has 0 fully saturated rings. The Bertz CT molecular complexity index is 612. The van der Waals surface area contributed by atoms with Gasteiger partial charge in [0.2, 0.25) is 0 Å². The highest BCUT2D eigenvalue weighted by Gasteiger charge is 2.10. The van der Waals surface area contributed by atoms with E-state index in [0.717, 1.165) is 36.2 Å². The zero-order valence-electron chi connectivity index (χ0n) is 14.0. The second-order valence-corrected chi connectivity index (χ2v) is 5.73. The molecular weight excluding hydrogens is 303 g/mol. The quantitative estimate of drug-likeness (QED) is 0.487. The average molecular weight is 328 g/mol. The summed E-state index contributed by atoms with van der Waals surface area (Å²) in [6, 6.07) is 9.97. The van der Waals surface area contributed by atoms with Gasteiger partial charge in [0, 0.05) is 13.0 Å². The van der Waals surface area contributed by atoms with Crippen LogP contribution in [0.4, 0.5) is 4.39 Å². The summed E-state index contributed by atoms with van der Waals surface area (Å²) >= 11 is 0. The van der Waals surface area contributed by atoms with E-state index in [1.807, 2.05) is 42.5 Å². The third-order valence-corrected chi connectivity index (χ3v) is 3.79. The first-order valence-corrected chi connectivity index (χ1v) is 8.48. The van der Waals surface area contributed by atoms with Crippen molar-refractivity contribution in [2.75, 3.05) is 6.61 Å². The highest BCUT2D eigenvalue weighted by Crippen LogP contribution is 2.25. The van der Waals surface area contributed by atoms with Gasteiger partial charge in [0.25, 0.3) is 0 Å². The molecular formula is C21H25FO2. The van der Waals surface area contributed by atoms with Gasteiger partial charge in [-0.2, -0.15) is 0 Å². The number of unbranched alkanes of at least 4 members (excludes halogenated alkanes) is 1. The molecule has 2 nitrogen and oxygen atoms in total. The van der Waals surface area contributed by atoms with Crippen molar-refractivity contribution < 1.29 is 14.2 Å². The van der Waals surface area contributed by atoms with Crippen LogP contribution in [-0.4, -0.2) is 11.7 Å². The normalized spacial score (nSPS) is 14.8. The minimum absolute atomic E-state index is 0.145. The summed E-state index contributed by atoms with van der Waals surface area (Å²) in [6.45, 7) is 0.669. The van der Waals surface area contributed by atoms with E-state index in [4.69, 9.17) is 9.84 Å². The van der Waals surface area contributed by atoms with E-state index in [1.54, 1.807) is 6.08 Å². The van der Waals surface area contributed by atoms with Crippen LogP contribution in [0.1, 0.15) is 37.7 Å². The number of ether oxygens (including phenoxy) is 1. The zero-order valence-corrected chi connectivity index (χ0v) is 14.0. The molecule has 1 aromatic rings. The van der Waals surface area contributed by atoms with Crippen LogP contribution in [0, 0.1) is 0 Å². The molecule has 128 valence electrons.